The number of ether oxygens (including phenoxy) is 1. The molecule has 1 rings (SSSR count). The number of carbonyl (C=O) groups excluding carboxylic acids is 4. The summed E-state index contributed by atoms with van der Waals surface area (Å²) in [5, 5.41) is 8.56. The number of benzene rings is 1. The molecule has 0 spiro atoms. The second-order valence-electron chi connectivity index (χ2n) is 8.05. The zero-order valence-electron chi connectivity index (χ0n) is 19.4. The molecule has 0 aromatic heterocycles. The van der Waals surface area contributed by atoms with Crippen LogP contribution in [0.2, 0.25) is 0 Å². The Morgan fingerprint density at radius 1 is 1.09 bits per heavy atom. The maximum atomic E-state index is 13.0. The fourth-order valence-corrected chi connectivity index (χ4v) is 3.31. The number of ketones is 1. The van der Waals surface area contributed by atoms with Crippen LogP contribution >= 0.6 is 0 Å². The van der Waals surface area contributed by atoms with Gasteiger partial charge in [0.2, 0.25) is 5.91 Å². The van der Waals surface area contributed by atoms with Crippen LogP contribution in [-0.2, 0) is 25.7 Å². The minimum Gasteiger partial charge on any atom is -0.461 e. The van der Waals surface area contributed by atoms with Crippen molar-refractivity contribution in [3.05, 3.63) is 29.8 Å². The van der Waals surface area contributed by atoms with Crippen molar-refractivity contribution in [3.63, 3.8) is 0 Å². The van der Waals surface area contributed by atoms with Crippen LogP contribution in [0.5, 0.6) is 0 Å². The lowest BCUT2D eigenvalue weighted by atomic mass is 9.89. The first-order valence-corrected chi connectivity index (χ1v) is 11.0. The van der Waals surface area contributed by atoms with E-state index in [-0.39, 0.29) is 42.6 Å². The molecule has 9 heteroatoms. The van der Waals surface area contributed by atoms with Crippen LogP contribution in [0.25, 0.3) is 0 Å². The molecular weight excluding hydrogens is 412 g/mol. The van der Waals surface area contributed by atoms with Gasteiger partial charge >= 0.3 is 12.0 Å². The number of amides is 3. The number of hydrogen-bond acceptors (Lipinski definition) is 6. The van der Waals surface area contributed by atoms with E-state index in [9.17, 15) is 19.2 Å². The number of urea groups is 1. The lowest BCUT2D eigenvalue weighted by molar-refractivity contribution is -0.142. The minimum absolute atomic E-state index is 0.0124. The highest BCUT2D eigenvalue weighted by atomic mass is 16.5. The van der Waals surface area contributed by atoms with Gasteiger partial charge in [-0.25, -0.2) is 4.79 Å². The Bertz CT molecular complexity index is 764. The summed E-state index contributed by atoms with van der Waals surface area (Å²) in [6, 6.07) is 6.02. The van der Waals surface area contributed by atoms with E-state index in [1.807, 2.05) is 20.8 Å². The number of primary amides is 1. The topological polar surface area (TPSA) is 140 Å². The predicted octanol–water partition coefficient (Wildman–Crippen LogP) is 2.35. The number of hydrogen-bond donors (Lipinski definition) is 4. The molecule has 0 bridgehead atoms. The van der Waals surface area contributed by atoms with Gasteiger partial charge in [-0.3, -0.25) is 14.4 Å². The molecule has 1 aromatic carbocycles. The third-order valence-corrected chi connectivity index (χ3v) is 4.95. The second kappa shape index (κ2) is 14.2. The Morgan fingerprint density at radius 2 is 1.75 bits per heavy atom. The fourth-order valence-electron chi connectivity index (χ4n) is 3.31. The Labute approximate surface area is 189 Å². The molecule has 5 N–H and O–H groups in total. The number of nitrogens with one attached hydrogen (secondary N) is 3. The zero-order chi connectivity index (χ0) is 24.1. The van der Waals surface area contributed by atoms with Crippen LogP contribution in [0, 0.1) is 11.8 Å². The van der Waals surface area contributed by atoms with Crippen molar-refractivity contribution in [2.45, 2.75) is 59.6 Å². The van der Waals surface area contributed by atoms with E-state index in [1.54, 1.807) is 24.3 Å². The van der Waals surface area contributed by atoms with Gasteiger partial charge in [-0.1, -0.05) is 32.9 Å². The summed E-state index contributed by atoms with van der Waals surface area (Å²) in [5.74, 6) is -1.08. The Kier molecular flexibility index (Phi) is 12.0. The highest BCUT2D eigenvalue weighted by Crippen LogP contribution is 2.19. The van der Waals surface area contributed by atoms with Crippen molar-refractivity contribution < 1.29 is 23.9 Å². The molecule has 9 nitrogen and oxygen atoms in total. The third kappa shape index (κ3) is 10.4. The van der Waals surface area contributed by atoms with Crippen LogP contribution in [0.15, 0.2) is 24.3 Å². The van der Waals surface area contributed by atoms with Gasteiger partial charge in [-0.15, -0.1) is 0 Å². The minimum atomic E-state index is -0.622. The smallest absolute Gasteiger partial charge is 0.312 e. The highest BCUT2D eigenvalue weighted by Gasteiger charge is 2.27. The normalized spacial score (nSPS) is 12.7. The summed E-state index contributed by atoms with van der Waals surface area (Å²) in [6.07, 6.45) is 1.05. The van der Waals surface area contributed by atoms with Crippen molar-refractivity contribution >= 4 is 29.4 Å². The molecule has 0 heterocycles. The van der Waals surface area contributed by atoms with E-state index in [0.717, 1.165) is 5.56 Å². The number of likely N-dealkylation sites (N-methyl/N-ethyl adjacent to an activating group) is 1. The van der Waals surface area contributed by atoms with E-state index in [2.05, 4.69) is 16.0 Å². The van der Waals surface area contributed by atoms with Crippen LogP contribution in [0.1, 0.15) is 52.5 Å². The molecule has 3 amide bonds. The number of Topliss-reactive ketones (excluding diaryl/α,β-unsaturated/α-hetero) is 1. The van der Waals surface area contributed by atoms with Crippen LogP contribution in [0.3, 0.4) is 0 Å². The van der Waals surface area contributed by atoms with Gasteiger partial charge in [0.25, 0.3) is 0 Å². The number of nitrogens with two attached hydrogens (primary N) is 1. The molecule has 0 saturated heterocycles. The van der Waals surface area contributed by atoms with Crippen molar-refractivity contribution in [3.8, 4) is 0 Å². The second-order valence-corrected chi connectivity index (χ2v) is 8.05. The molecule has 0 fully saturated rings. The largest absolute Gasteiger partial charge is 0.461 e. The number of carbonyl (C=O) groups is 4. The molecule has 178 valence electrons. The van der Waals surface area contributed by atoms with E-state index in [1.165, 1.54) is 6.92 Å². The predicted molar refractivity (Wildman–Crippen MR) is 123 cm³/mol. The van der Waals surface area contributed by atoms with Crippen molar-refractivity contribution in [2.24, 2.45) is 17.6 Å². The SMILES string of the molecule is CCN[C@H](C(=O)C[C@@H](CCCNC(N)=O)C(=O)Nc1ccc(COC(C)=O)cc1)C(C)C. The van der Waals surface area contributed by atoms with Gasteiger partial charge in [-0.05, 0) is 43.0 Å². The van der Waals surface area contributed by atoms with Crippen molar-refractivity contribution in [2.75, 3.05) is 18.4 Å². The van der Waals surface area contributed by atoms with E-state index in [0.29, 0.717) is 31.6 Å². The average molecular weight is 449 g/mol. The number of rotatable bonds is 14. The summed E-state index contributed by atoms with van der Waals surface area (Å²) < 4.78 is 4.96. The summed E-state index contributed by atoms with van der Waals surface area (Å²) in [4.78, 5) is 47.7. The van der Waals surface area contributed by atoms with Gasteiger partial charge in [0, 0.05) is 31.5 Å². The van der Waals surface area contributed by atoms with Crippen LogP contribution < -0.4 is 21.7 Å². The van der Waals surface area contributed by atoms with Gasteiger partial charge in [0.05, 0.1) is 6.04 Å². The monoisotopic (exact) mass is 448 g/mol. The first-order chi connectivity index (χ1) is 15.1. The van der Waals surface area contributed by atoms with E-state index < -0.39 is 11.9 Å². The molecule has 0 aliphatic heterocycles. The first kappa shape index (κ1) is 27.1. The average Bonchev–Trinajstić information content (AvgIpc) is 2.72. The Balaban J connectivity index is 2.82. The summed E-state index contributed by atoms with van der Waals surface area (Å²) in [5.41, 5.74) is 6.47. The first-order valence-electron chi connectivity index (χ1n) is 11.0. The fraction of sp³-hybridized carbons (Fsp3) is 0.565. The number of esters is 1. The van der Waals surface area contributed by atoms with Crippen LogP contribution in [0.4, 0.5) is 10.5 Å². The lowest BCUT2D eigenvalue weighted by Gasteiger charge is -2.23. The van der Waals surface area contributed by atoms with Gasteiger partial charge in [0.1, 0.15) is 6.61 Å². The maximum absolute atomic E-state index is 13.0. The molecule has 0 unspecified atom stereocenters. The summed E-state index contributed by atoms with van der Waals surface area (Å²) >= 11 is 0. The van der Waals surface area contributed by atoms with Gasteiger partial charge in [0.15, 0.2) is 5.78 Å². The van der Waals surface area contributed by atoms with Crippen LogP contribution in [-0.4, -0.2) is 42.8 Å². The molecule has 32 heavy (non-hydrogen) atoms. The molecule has 0 aliphatic carbocycles. The molecule has 0 aliphatic rings. The molecular formula is C23H36N4O5. The summed E-state index contributed by atoms with van der Waals surface area (Å²) in [6.45, 7) is 8.37. The molecule has 0 radical (unpaired) electrons. The van der Waals surface area contributed by atoms with Gasteiger partial charge in [-0.2, -0.15) is 0 Å². The maximum Gasteiger partial charge on any atom is 0.312 e. The number of anilines is 1. The molecule has 1 aromatic rings. The van der Waals surface area contributed by atoms with Crippen molar-refractivity contribution in [1.29, 1.82) is 0 Å². The van der Waals surface area contributed by atoms with E-state index in [4.69, 9.17) is 10.5 Å². The Morgan fingerprint density at radius 3 is 2.28 bits per heavy atom. The van der Waals surface area contributed by atoms with Gasteiger partial charge < -0.3 is 26.4 Å². The highest BCUT2D eigenvalue weighted by molar-refractivity contribution is 5.96. The Hall–Kier alpha value is -2.94. The summed E-state index contributed by atoms with van der Waals surface area (Å²) in [7, 11) is 0. The lowest BCUT2D eigenvalue weighted by Crippen LogP contribution is -2.42. The quantitative estimate of drug-likeness (QED) is 0.254. The third-order valence-electron chi connectivity index (χ3n) is 4.95. The molecule has 2 atom stereocenters. The standard InChI is InChI=1S/C23H36N4O5/c1-5-25-21(15(2)3)20(29)13-18(7-6-12-26-23(24)31)22(30)27-19-10-8-17(9-11-19)14-32-16(4)28/h8-11,15,18,21,25H,5-7,12-14H2,1-4H3,(H,27,30)(H3,24,26,31)/t18-,21+/m1/s1. The van der Waals surface area contributed by atoms with Crippen molar-refractivity contribution in [1.82, 2.24) is 10.6 Å². The van der Waals surface area contributed by atoms with E-state index >= 15 is 0 Å². The molecule has 0 saturated carbocycles. The zero-order valence-corrected chi connectivity index (χ0v) is 19.4.